The lowest BCUT2D eigenvalue weighted by Gasteiger charge is -2.03. The number of rotatable bonds is 2. The lowest BCUT2D eigenvalue weighted by atomic mass is 10.3. The summed E-state index contributed by atoms with van der Waals surface area (Å²) in [4.78, 5) is 7.81. The van der Waals surface area contributed by atoms with E-state index in [1.54, 1.807) is 6.20 Å². The highest BCUT2D eigenvalue weighted by molar-refractivity contribution is 7.84. The second-order valence-electron chi connectivity index (χ2n) is 1.83. The summed E-state index contributed by atoms with van der Waals surface area (Å²) in [6, 6.07) is 1.84. The van der Waals surface area contributed by atoms with Crippen molar-refractivity contribution in [2.75, 3.05) is 5.75 Å². The van der Waals surface area contributed by atoms with Crippen molar-refractivity contribution in [1.29, 1.82) is 0 Å². The lowest BCUT2D eigenvalue weighted by molar-refractivity contribution is 0.994. The Balaban J connectivity index is 2.75. The molecule has 1 unspecified atom stereocenters. The van der Waals surface area contributed by atoms with Crippen LogP contribution in [0.4, 0.5) is 0 Å². The van der Waals surface area contributed by atoms with Crippen molar-refractivity contribution >= 4 is 25.3 Å². The van der Waals surface area contributed by atoms with Crippen LogP contribution in [0.2, 0.25) is 0 Å². The van der Waals surface area contributed by atoms with Gasteiger partial charge in [-0.1, -0.05) is 0 Å². The van der Waals surface area contributed by atoms with Gasteiger partial charge in [0.25, 0.3) is 0 Å². The Morgan fingerprint density at radius 2 is 2.40 bits per heavy atom. The van der Waals surface area contributed by atoms with E-state index in [1.807, 2.05) is 6.07 Å². The molecule has 0 N–H and O–H groups in total. The molecule has 54 valence electrons. The Kier molecular flexibility index (Phi) is 3.02. The van der Waals surface area contributed by atoms with Gasteiger partial charge in [-0.15, -0.1) is 0 Å². The van der Waals surface area contributed by atoms with E-state index in [2.05, 4.69) is 35.2 Å². The second kappa shape index (κ2) is 3.83. The van der Waals surface area contributed by atoms with Crippen molar-refractivity contribution in [2.24, 2.45) is 0 Å². The van der Waals surface area contributed by atoms with Crippen LogP contribution in [-0.2, 0) is 0 Å². The lowest BCUT2D eigenvalue weighted by Crippen LogP contribution is -1.94. The van der Waals surface area contributed by atoms with Crippen molar-refractivity contribution < 1.29 is 0 Å². The maximum atomic E-state index is 4.25. The molecule has 0 radical (unpaired) electrons. The van der Waals surface area contributed by atoms with Gasteiger partial charge in [-0.2, -0.15) is 25.3 Å². The molecule has 1 heterocycles. The van der Waals surface area contributed by atoms with Crippen LogP contribution in [0.5, 0.6) is 0 Å². The number of hydrogen-bond donors (Lipinski definition) is 2. The minimum absolute atomic E-state index is 0.117. The fourth-order valence-electron chi connectivity index (χ4n) is 0.592. The monoisotopic (exact) mass is 172 g/mol. The van der Waals surface area contributed by atoms with Crippen LogP contribution in [0.3, 0.4) is 0 Å². The SMILES string of the molecule is SCC(S)c1ccncn1. The molecule has 1 atom stereocenters. The van der Waals surface area contributed by atoms with Crippen LogP contribution in [-0.4, -0.2) is 15.7 Å². The minimum atomic E-state index is 0.117. The van der Waals surface area contributed by atoms with Crippen LogP contribution in [0.1, 0.15) is 10.9 Å². The molecule has 0 aromatic carbocycles. The molecule has 2 nitrogen and oxygen atoms in total. The maximum absolute atomic E-state index is 4.25. The average molecular weight is 172 g/mol. The zero-order chi connectivity index (χ0) is 7.40. The minimum Gasteiger partial charge on any atom is -0.245 e. The first kappa shape index (κ1) is 7.88. The van der Waals surface area contributed by atoms with Crippen molar-refractivity contribution in [2.45, 2.75) is 5.25 Å². The Hall–Kier alpha value is -0.220. The molecule has 0 saturated carbocycles. The summed E-state index contributed by atoms with van der Waals surface area (Å²) in [5.74, 6) is 0.695. The molecule has 0 aliphatic heterocycles. The summed E-state index contributed by atoms with van der Waals surface area (Å²) in [7, 11) is 0. The topological polar surface area (TPSA) is 25.8 Å². The molecule has 0 amide bonds. The quantitative estimate of drug-likeness (QED) is 0.659. The predicted molar refractivity (Wildman–Crippen MR) is 47.6 cm³/mol. The fourth-order valence-corrected chi connectivity index (χ4v) is 0.931. The van der Waals surface area contributed by atoms with Crippen molar-refractivity contribution in [3.63, 3.8) is 0 Å². The molecule has 0 saturated heterocycles. The van der Waals surface area contributed by atoms with E-state index < -0.39 is 0 Å². The van der Waals surface area contributed by atoms with E-state index >= 15 is 0 Å². The van der Waals surface area contributed by atoms with Crippen LogP contribution < -0.4 is 0 Å². The van der Waals surface area contributed by atoms with Gasteiger partial charge in [0.1, 0.15) is 6.33 Å². The normalized spacial score (nSPS) is 13.0. The number of hydrogen-bond acceptors (Lipinski definition) is 4. The summed E-state index contributed by atoms with van der Waals surface area (Å²) in [5.41, 5.74) is 0.924. The summed E-state index contributed by atoms with van der Waals surface area (Å²) in [6.45, 7) is 0. The summed E-state index contributed by atoms with van der Waals surface area (Å²) >= 11 is 8.34. The van der Waals surface area contributed by atoms with Crippen LogP contribution in [0.15, 0.2) is 18.6 Å². The summed E-state index contributed by atoms with van der Waals surface area (Å²) in [5, 5.41) is 0.117. The number of thiol groups is 2. The largest absolute Gasteiger partial charge is 0.245 e. The zero-order valence-corrected chi connectivity index (χ0v) is 7.09. The molecule has 1 aromatic heterocycles. The average Bonchev–Trinajstić information content (AvgIpc) is 2.05. The van der Waals surface area contributed by atoms with E-state index in [1.165, 1.54) is 6.33 Å². The molecule has 0 aliphatic carbocycles. The Bertz CT molecular complexity index is 190. The first-order valence-electron chi connectivity index (χ1n) is 2.89. The predicted octanol–water partition coefficient (Wildman–Crippen LogP) is 1.38. The molecule has 10 heavy (non-hydrogen) atoms. The Labute approximate surface area is 70.9 Å². The Morgan fingerprint density at radius 1 is 1.60 bits per heavy atom. The van der Waals surface area contributed by atoms with E-state index in [-0.39, 0.29) is 5.25 Å². The molecule has 0 spiro atoms. The molecular formula is C6H8N2S2. The van der Waals surface area contributed by atoms with E-state index in [0.717, 1.165) is 5.69 Å². The Morgan fingerprint density at radius 3 is 2.90 bits per heavy atom. The van der Waals surface area contributed by atoms with Crippen LogP contribution in [0.25, 0.3) is 0 Å². The van der Waals surface area contributed by atoms with E-state index in [4.69, 9.17) is 0 Å². The summed E-state index contributed by atoms with van der Waals surface area (Å²) in [6.07, 6.45) is 3.22. The van der Waals surface area contributed by atoms with Crippen LogP contribution in [0, 0.1) is 0 Å². The van der Waals surface area contributed by atoms with Gasteiger partial charge in [-0.25, -0.2) is 9.97 Å². The maximum Gasteiger partial charge on any atom is 0.115 e. The van der Waals surface area contributed by atoms with Gasteiger partial charge in [-0.3, -0.25) is 0 Å². The van der Waals surface area contributed by atoms with Gasteiger partial charge in [0.15, 0.2) is 0 Å². The number of nitrogens with zero attached hydrogens (tertiary/aromatic N) is 2. The highest BCUT2D eigenvalue weighted by Crippen LogP contribution is 2.16. The highest BCUT2D eigenvalue weighted by Gasteiger charge is 2.02. The molecule has 1 aromatic rings. The third-order valence-electron chi connectivity index (χ3n) is 1.12. The third kappa shape index (κ3) is 1.88. The van der Waals surface area contributed by atoms with Gasteiger partial charge in [0.2, 0.25) is 0 Å². The smallest absolute Gasteiger partial charge is 0.115 e. The van der Waals surface area contributed by atoms with Gasteiger partial charge in [0.05, 0.1) is 10.9 Å². The third-order valence-corrected chi connectivity index (χ3v) is 2.22. The van der Waals surface area contributed by atoms with Gasteiger partial charge in [-0.05, 0) is 6.07 Å². The molecule has 0 bridgehead atoms. The first-order valence-corrected chi connectivity index (χ1v) is 4.04. The van der Waals surface area contributed by atoms with E-state index in [0.29, 0.717) is 5.75 Å². The van der Waals surface area contributed by atoms with Gasteiger partial charge in [0, 0.05) is 11.9 Å². The van der Waals surface area contributed by atoms with Crippen LogP contribution >= 0.6 is 25.3 Å². The second-order valence-corrected chi connectivity index (χ2v) is 2.82. The fraction of sp³-hybridized carbons (Fsp3) is 0.333. The van der Waals surface area contributed by atoms with Crippen molar-refractivity contribution in [1.82, 2.24) is 9.97 Å². The van der Waals surface area contributed by atoms with Gasteiger partial charge >= 0.3 is 0 Å². The molecule has 1 rings (SSSR count). The molecular weight excluding hydrogens is 164 g/mol. The molecule has 0 fully saturated rings. The molecule has 4 heteroatoms. The van der Waals surface area contributed by atoms with E-state index in [9.17, 15) is 0 Å². The highest BCUT2D eigenvalue weighted by atomic mass is 32.1. The summed E-state index contributed by atoms with van der Waals surface area (Å²) < 4.78 is 0. The molecule has 0 aliphatic rings. The van der Waals surface area contributed by atoms with Gasteiger partial charge < -0.3 is 0 Å². The van der Waals surface area contributed by atoms with Crippen molar-refractivity contribution in [3.05, 3.63) is 24.3 Å². The number of aromatic nitrogens is 2. The zero-order valence-electron chi connectivity index (χ0n) is 5.31. The van der Waals surface area contributed by atoms with Crippen molar-refractivity contribution in [3.8, 4) is 0 Å². The standard InChI is InChI=1S/C6H8N2S2/c9-3-6(10)5-1-2-7-4-8-5/h1-2,4,6,9-10H,3H2. The first-order chi connectivity index (χ1) is 4.84.